The van der Waals surface area contributed by atoms with Gasteiger partial charge in [0.15, 0.2) is 0 Å². The zero-order valence-electron chi connectivity index (χ0n) is 16.2. The monoisotopic (exact) mass is 372 g/mol. The number of benzene rings is 1. The first kappa shape index (κ1) is 18.2. The molecule has 4 rings (SSSR count). The van der Waals surface area contributed by atoms with Gasteiger partial charge >= 0.3 is 0 Å². The first-order valence-electron chi connectivity index (χ1n) is 9.59. The number of aryl methyl sites for hydroxylation is 1. The van der Waals surface area contributed by atoms with Gasteiger partial charge in [-0.2, -0.15) is 5.10 Å². The number of amides is 1. The largest absolute Gasteiger partial charge is 0.346 e. The van der Waals surface area contributed by atoms with E-state index in [0.29, 0.717) is 5.56 Å². The maximum Gasteiger partial charge on any atom is 0.253 e. The van der Waals surface area contributed by atoms with Crippen LogP contribution in [0.3, 0.4) is 0 Å². The number of carbonyl (C=O) groups excluding carboxylic acids is 1. The number of allylic oxidation sites excluding steroid dienone is 1. The summed E-state index contributed by atoms with van der Waals surface area (Å²) in [4.78, 5) is 16.4. The molecule has 2 atom stereocenters. The summed E-state index contributed by atoms with van der Waals surface area (Å²) in [5, 5.41) is 7.86. The summed E-state index contributed by atoms with van der Waals surface area (Å²) < 4.78 is 2.08. The van der Waals surface area contributed by atoms with Gasteiger partial charge in [0, 0.05) is 35.6 Å². The number of aromatic nitrogens is 3. The number of rotatable bonds is 5. The van der Waals surface area contributed by atoms with Gasteiger partial charge in [0.2, 0.25) is 0 Å². The fourth-order valence-electron chi connectivity index (χ4n) is 3.93. The van der Waals surface area contributed by atoms with Crippen LogP contribution in [0.4, 0.5) is 0 Å². The minimum atomic E-state index is -0.0865. The fraction of sp³-hybridized carbons (Fsp3) is 0.261. The van der Waals surface area contributed by atoms with Crippen molar-refractivity contribution in [1.29, 1.82) is 0 Å². The molecular formula is C23H24N4O. The maximum atomic E-state index is 12.4. The third-order valence-electron chi connectivity index (χ3n) is 5.31. The minimum Gasteiger partial charge on any atom is -0.346 e. The lowest BCUT2D eigenvalue weighted by Gasteiger charge is -2.15. The van der Waals surface area contributed by atoms with E-state index in [2.05, 4.69) is 65.2 Å². The van der Waals surface area contributed by atoms with Crippen LogP contribution in [-0.2, 0) is 6.54 Å². The van der Waals surface area contributed by atoms with E-state index in [4.69, 9.17) is 5.10 Å². The molecule has 1 amide bonds. The van der Waals surface area contributed by atoms with E-state index >= 15 is 0 Å². The molecule has 2 aromatic heterocycles. The summed E-state index contributed by atoms with van der Waals surface area (Å²) in [7, 11) is 0. The zero-order chi connectivity index (χ0) is 19.5. The van der Waals surface area contributed by atoms with Gasteiger partial charge in [-0.1, -0.05) is 42.5 Å². The Kier molecular flexibility index (Phi) is 5.06. The van der Waals surface area contributed by atoms with E-state index in [1.807, 2.05) is 6.07 Å². The van der Waals surface area contributed by atoms with E-state index in [0.717, 1.165) is 18.7 Å². The van der Waals surface area contributed by atoms with Gasteiger partial charge in [0.05, 0.1) is 17.8 Å². The quantitative estimate of drug-likeness (QED) is 0.693. The summed E-state index contributed by atoms with van der Waals surface area (Å²) >= 11 is 0. The Hall–Kier alpha value is -3.21. The highest BCUT2D eigenvalue weighted by Gasteiger charge is 2.27. The standard InChI is InChI=1S/C23H24N4O/c1-16-22(17(2)27(26-16)15-18-7-4-3-5-8-18)19-10-11-21(13-19)25-23(28)20-9-6-12-24-14-20/h3-12,14,19,21H,13,15H2,1-2H3,(H,25,28)/t19-,21+/m0/s1. The van der Waals surface area contributed by atoms with Crippen LogP contribution in [0.1, 0.15) is 45.2 Å². The molecule has 0 aliphatic heterocycles. The maximum absolute atomic E-state index is 12.4. The molecule has 0 fully saturated rings. The highest BCUT2D eigenvalue weighted by Crippen LogP contribution is 2.33. The van der Waals surface area contributed by atoms with Crippen LogP contribution >= 0.6 is 0 Å². The lowest BCUT2D eigenvalue weighted by molar-refractivity contribution is 0.0943. The molecule has 0 unspecified atom stereocenters. The molecule has 1 aliphatic carbocycles. The summed E-state index contributed by atoms with van der Waals surface area (Å²) in [5.41, 5.74) is 5.34. The second-order valence-corrected chi connectivity index (χ2v) is 7.28. The number of nitrogens with zero attached hydrogens (tertiary/aromatic N) is 3. The van der Waals surface area contributed by atoms with Gasteiger partial charge < -0.3 is 5.32 Å². The molecule has 0 radical (unpaired) electrons. The molecule has 142 valence electrons. The summed E-state index contributed by atoms with van der Waals surface area (Å²) in [6.07, 6.45) is 8.39. The van der Waals surface area contributed by atoms with Crippen LogP contribution in [0.15, 0.2) is 67.0 Å². The molecule has 1 aromatic carbocycles. The number of hydrogen-bond donors (Lipinski definition) is 1. The molecule has 2 heterocycles. The molecular weight excluding hydrogens is 348 g/mol. The number of hydrogen-bond acceptors (Lipinski definition) is 3. The van der Waals surface area contributed by atoms with Crippen molar-refractivity contribution >= 4 is 5.91 Å². The number of pyridine rings is 1. The Balaban J connectivity index is 1.46. The average molecular weight is 372 g/mol. The summed E-state index contributed by atoms with van der Waals surface area (Å²) in [6, 6.07) is 13.9. The molecule has 0 saturated heterocycles. The van der Waals surface area contributed by atoms with Gasteiger partial charge in [-0.05, 0) is 38.0 Å². The molecule has 5 heteroatoms. The van der Waals surface area contributed by atoms with Crippen LogP contribution in [-0.4, -0.2) is 26.7 Å². The molecule has 0 bridgehead atoms. The van der Waals surface area contributed by atoms with Gasteiger partial charge in [0.1, 0.15) is 0 Å². The Morgan fingerprint density at radius 2 is 1.96 bits per heavy atom. The molecule has 5 nitrogen and oxygen atoms in total. The third-order valence-corrected chi connectivity index (χ3v) is 5.31. The summed E-state index contributed by atoms with van der Waals surface area (Å²) in [6.45, 7) is 4.97. The highest BCUT2D eigenvalue weighted by atomic mass is 16.1. The van der Waals surface area contributed by atoms with E-state index < -0.39 is 0 Å². The van der Waals surface area contributed by atoms with E-state index in [9.17, 15) is 4.79 Å². The van der Waals surface area contributed by atoms with Crippen molar-refractivity contribution in [3.63, 3.8) is 0 Å². The summed E-state index contributed by atoms with van der Waals surface area (Å²) in [5.74, 6) is 0.181. The van der Waals surface area contributed by atoms with E-state index in [1.165, 1.54) is 16.8 Å². The normalized spacial score (nSPS) is 18.4. The van der Waals surface area contributed by atoms with Crippen molar-refractivity contribution in [1.82, 2.24) is 20.1 Å². The van der Waals surface area contributed by atoms with Gasteiger partial charge in [-0.25, -0.2) is 0 Å². The Labute approximate surface area is 165 Å². The van der Waals surface area contributed by atoms with Gasteiger partial charge in [-0.3, -0.25) is 14.5 Å². The molecule has 28 heavy (non-hydrogen) atoms. The lowest BCUT2D eigenvalue weighted by Crippen LogP contribution is -2.32. The molecule has 1 N–H and O–H groups in total. The topological polar surface area (TPSA) is 59.8 Å². The number of nitrogens with one attached hydrogen (secondary N) is 1. The van der Waals surface area contributed by atoms with Gasteiger partial charge in [-0.15, -0.1) is 0 Å². The molecule has 1 aliphatic rings. The number of carbonyl (C=O) groups is 1. The molecule has 0 spiro atoms. The molecule has 0 saturated carbocycles. The predicted octanol–water partition coefficient (Wildman–Crippen LogP) is 3.79. The minimum absolute atomic E-state index is 0.0222. The predicted molar refractivity (Wildman–Crippen MR) is 109 cm³/mol. The van der Waals surface area contributed by atoms with Crippen molar-refractivity contribution < 1.29 is 4.79 Å². The lowest BCUT2D eigenvalue weighted by atomic mass is 9.96. The SMILES string of the molecule is Cc1nn(Cc2ccccc2)c(C)c1[C@H]1C=C[C@@H](NC(=O)c2cccnc2)C1. The second-order valence-electron chi connectivity index (χ2n) is 7.28. The van der Waals surface area contributed by atoms with Crippen molar-refractivity contribution in [2.45, 2.75) is 38.8 Å². The zero-order valence-corrected chi connectivity index (χ0v) is 16.2. The van der Waals surface area contributed by atoms with Gasteiger partial charge in [0.25, 0.3) is 5.91 Å². The third kappa shape index (κ3) is 3.74. The highest BCUT2D eigenvalue weighted by molar-refractivity contribution is 5.94. The van der Waals surface area contributed by atoms with Crippen LogP contribution < -0.4 is 5.32 Å². The van der Waals surface area contributed by atoms with Crippen molar-refractivity contribution in [3.05, 3.63) is 95.1 Å². The van der Waals surface area contributed by atoms with Crippen molar-refractivity contribution in [3.8, 4) is 0 Å². The first-order valence-corrected chi connectivity index (χ1v) is 9.59. The smallest absolute Gasteiger partial charge is 0.253 e. The van der Waals surface area contributed by atoms with Crippen LogP contribution in [0.2, 0.25) is 0 Å². The first-order chi connectivity index (χ1) is 13.6. The molecule has 3 aromatic rings. The van der Waals surface area contributed by atoms with Crippen LogP contribution in [0.25, 0.3) is 0 Å². The Morgan fingerprint density at radius 3 is 2.71 bits per heavy atom. The van der Waals surface area contributed by atoms with Crippen molar-refractivity contribution in [2.75, 3.05) is 0 Å². The van der Waals surface area contributed by atoms with E-state index in [1.54, 1.807) is 24.5 Å². The average Bonchev–Trinajstić information content (AvgIpc) is 3.27. The second kappa shape index (κ2) is 7.80. The van der Waals surface area contributed by atoms with Crippen molar-refractivity contribution in [2.24, 2.45) is 0 Å². The van der Waals surface area contributed by atoms with Crippen LogP contribution in [0, 0.1) is 13.8 Å². The van der Waals surface area contributed by atoms with Crippen LogP contribution in [0.5, 0.6) is 0 Å². The Morgan fingerprint density at radius 1 is 1.14 bits per heavy atom. The Bertz CT molecular complexity index is 992. The van der Waals surface area contributed by atoms with E-state index in [-0.39, 0.29) is 17.9 Å². The fourth-order valence-corrected chi connectivity index (χ4v) is 3.93.